The van der Waals surface area contributed by atoms with Crippen molar-refractivity contribution >= 4 is 16.8 Å². The molecule has 0 saturated carbocycles. The number of fused-ring (bicyclic) bond motifs is 1. The number of hydrogen-bond donors (Lipinski definition) is 1. The summed E-state index contributed by atoms with van der Waals surface area (Å²) in [6, 6.07) is 18.6. The van der Waals surface area contributed by atoms with Crippen LogP contribution >= 0.6 is 0 Å². The molecule has 1 N–H and O–H groups in total. The van der Waals surface area contributed by atoms with Crippen LogP contribution < -0.4 is 26.0 Å². The monoisotopic (exact) mass is 533 g/mol. The van der Waals surface area contributed by atoms with Gasteiger partial charge < -0.3 is 14.8 Å². The van der Waals surface area contributed by atoms with Crippen molar-refractivity contribution in [2.45, 2.75) is 38.8 Å². The molecule has 0 bridgehead atoms. The second-order valence-electron chi connectivity index (χ2n) is 9.22. The van der Waals surface area contributed by atoms with Crippen molar-refractivity contribution in [3.05, 3.63) is 105 Å². The highest BCUT2D eigenvalue weighted by Gasteiger charge is 2.14. The molecule has 4 rings (SSSR count). The Morgan fingerprint density at radius 1 is 0.872 bits per heavy atom. The molecule has 1 aromatic heterocycles. The normalized spacial score (nSPS) is 10.9. The molecule has 0 spiro atoms. The Balaban J connectivity index is 1.35. The summed E-state index contributed by atoms with van der Waals surface area (Å²) in [5, 5.41) is 3.33. The molecule has 0 aliphatic carbocycles. The van der Waals surface area contributed by atoms with Crippen LogP contribution in [0.15, 0.2) is 76.3 Å². The average Bonchev–Trinajstić information content (AvgIpc) is 2.94. The van der Waals surface area contributed by atoms with Crippen LogP contribution in [0.3, 0.4) is 0 Å². The van der Waals surface area contributed by atoms with Crippen molar-refractivity contribution in [2.75, 3.05) is 20.8 Å². The summed E-state index contributed by atoms with van der Waals surface area (Å²) < 4.78 is 27.0. The van der Waals surface area contributed by atoms with E-state index in [1.54, 1.807) is 50.6 Å². The van der Waals surface area contributed by atoms with Gasteiger partial charge in [-0.15, -0.1) is 0 Å². The first-order valence-electron chi connectivity index (χ1n) is 12.9. The summed E-state index contributed by atoms with van der Waals surface area (Å²) in [5.74, 6) is 0.807. The van der Waals surface area contributed by atoms with Crippen LogP contribution in [-0.4, -0.2) is 35.8 Å². The van der Waals surface area contributed by atoms with Crippen molar-refractivity contribution in [3.8, 4) is 11.5 Å². The summed E-state index contributed by atoms with van der Waals surface area (Å²) in [7, 11) is 3.16. The van der Waals surface area contributed by atoms with Gasteiger partial charge in [0.15, 0.2) is 11.5 Å². The molecule has 4 aromatic rings. The maximum Gasteiger partial charge on any atom is 0.331 e. The van der Waals surface area contributed by atoms with Gasteiger partial charge in [-0.3, -0.25) is 18.7 Å². The summed E-state index contributed by atoms with van der Waals surface area (Å²) in [4.78, 5) is 38.8. The number of carbonyl (C=O) groups excluding carboxylic acids is 1. The Hall–Kier alpha value is -4.40. The molecular weight excluding hydrogens is 501 g/mol. The van der Waals surface area contributed by atoms with Crippen molar-refractivity contribution in [1.29, 1.82) is 0 Å². The van der Waals surface area contributed by atoms with Gasteiger partial charge in [0.2, 0.25) is 5.91 Å². The molecule has 0 aliphatic heterocycles. The van der Waals surface area contributed by atoms with Gasteiger partial charge in [0.05, 0.1) is 31.7 Å². The quantitative estimate of drug-likeness (QED) is 0.279. The number of halogens is 1. The number of benzene rings is 3. The number of para-hydroxylation sites is 1. The zero-order valence-corrected chi connectivity index (χ0v) is 22.1. The van der Waals surface area contributed by atoms with E-state index in [0.717, 1.165) is 5.56 Å². The molecule has 3 aromatic carbocycles. The van der Waals surface area contributed by atoms with E-state index in [2.05, 4.69) is 5.32 Å². The lowest BCUT2D eigenvalue weighted by atomic mass is 10.1. The predicted molar refractivity (Wildman–Crippen MR) is 148 cm³/mol. The third kappa shape index (κ3) is 6.73. The molecule has 0 saturated heterocycles. The summed E-state index contributed by atoms with van der Waals surface area (Å²) >= 11 is 0. The number of aromatic nitrogens is 2. The Morgan fingerprint density at radius 3 is 2.44 bits per heavy atom. The lowest BCUT2D eigenvalue weighted by molar-refractivity contribution is -0.121. The lowest BCUT2D eigenvalue weighted by Gasteiger charge is -2.14. The van der Waals surface area contributed by atoms with E-state index in [4.69, 9.17) is 9.47 Å². The summed E-state index contributed by atoms with van der Waals surface area (Å²) in [5.41, 5.74) is 1.31. The minimum atomic E-state index is -0.456. The van der Waals surface area contributed by atoms with Crippen molar-refractivity contribution < 1.29 is 18.7 Å². The van der Waals surface area contributed by atoms with Gasteiger partial charge >= 0.3 is 5.69 Å². The minimum absolute atomic E-state index is 0.0927. The highest BCUT2D eigenvalue weighted by atomic mass is 19.1. The van der Waals surface area contributed by atoms with E-state index in [1.807, 2.05) is 18.2 Å². The first kappa shape index (κ1) is 27.6. The van der Waals surface area contributed by atoms with Gasteiger partial charge in [-0.2, -0.15) is 0 Å². The number of amides is 1. The highest BCUT2D eigenvalue weighted by molar-refractivity contribution is 5.78. The maximum absolute atomic E-state index is 13.7. The van der Waals surface area contributed by atoms with Crippen LogP contribution in [0.1, 0.15) is 30.4 Å². The van der Waals surface area contributed by atoms with E-state index in [-0.39, 0.29) is 36.8 Å². The molecule has 0 atom stereocenters. The van der Waals surface area contributed by atoms with Gasteiger partial charge in [-0.05, 0) is 66.8 Å². The van der Waals surface area contributed by atoms with Crippen LogP contribution in [0, 0.1) is 5.82 Å². The number of nitrogens with zero attached hydrogens (tertiary/aromatic N) is 2. The Labute approximate surface area is 225 Å². The minimum Gasteiger partial charge on any atom is -0.493 e. The van der Waals surface area contributed by atoms with Gasteiger partial charge in [0, 0.05) is 19.5 Å². The molecule has 9 heteroatoms. The van der Waals surface area contributed by atoms with Crippen LogP contribution in [-0.2, 0) is 24.3 Å². The van der Waals surface area contributed by atoms with Gasteiger partial charge in [0.25, 0.3) is 5.56 Å². The fourth-order valence-electron chi connectivity index (χ4n) is 4.57. The third-order valence-electron chi connectivity index (χ3n) is 6.58. The van der Waals surface area contributed by atoms with E-state index < -0.39 is 5.69 Å². The number of methoxy groups -OCH3 is 2. The maximum atomic E-state index is 13.7. The molecule has 204 valence electrons. The molecular formula is C30H32FN3O5. The van der Waals surface area contributed by atoms with Crippen LogP contribution in [0.25, 0.3) is 10.9 Å². The van der Waals surface area contributed by atoms with Crippen molar-refractivity contribution in [1.82, 2.24) is 14.5 Å². The zero-order valence-electron chi connectivity index (χ0n) is 22.1. The Bertz CT molecular complexity index is 1580. The fraction of sp³-hybridized carbons (Fsp3) is 0.300. The topological polar surface area (TPSA) is 91.6 Å². The van der Waals surface area contributed by atoms with Crippen molar-refractivity contribution in [3.63, 3.8) is 0 Å². The van der Waals surface area contributed by atoms with Crippen molar-refractivity contribution in [2.24, 2.45) is 0 Å². The van der Waals surface area contributed by atoms with E-state index in [1.165, 1.54) is 21.3 Å². The number of unbranched alkanes of at least 4 members (excludes halogenated alkanes) is 1. The third-order valence-corrected chi connectivity index (χ3v) is 6.58. The van der Waals surface area contributed by atoms with E-state index >= 15 is 0 Å². The predicted octanol–water partition coefficient (Wildman–Crippen LogP) is 3.90. The Kier molecular flexibility index (Phi) is 9.14. The number of ether oxygens (including phenoxy) is 2. The number of rotatable bonds is 12. The average molecular weight is 534 g/mol. The molecule has 39 heavy (non-hydrogen) atoms. The molecule has 8 nitrogen and oxygen atoms in total. The highest BCUT2D eigenvalue weighted by Crippen LogP contribution is 2.27. The van der Waals surface area contributed by atoms with E-state index in [0.29, 0.717) is 53.8 Å². The SMILES string of the molecule is COc1ccc(CCNC(=O)CCCCn2c(=O)c3ccccc3n(Cc3cccc(F)c3)c2=O)cc1OC. The number of hydrogen-bond acceptors (Lipinski definition) is 5. The first-order valence-corrected chi connectivity index (χ1v) is 12.9. The number of nitrogens with one attached hydrogen (secondary N) is 1. The molecule has 0 aliphatic rings. The van der Waals surface area contributed by atoms with E-state index in [9.17, 15) is 18.8 Å². The van der Waals surface area contributed by atoms with Gasteiger partial charge in [-0.25, -0.2) is 9.18 Å². The molecule has 1 amide bonds. The molecule has 0 unspecified atom stereocenters. The number of carbonyl (C=O) groups is 1. The molecule has 1 heterocycles. The first-order chi connectivity index (χ1) is 18.9. The Morgan fingerprint density at radius 2 is 1.67 bits per heavy atom. The largest absolute Gasteiger partial charge is 0.493 e. The van der Waals surface area contributed by atoms with Crippen LogP contribution in [0.4, 0.5) is 4.39 Å². The fourth-order valence-corrected chi connectivity index (χ4v) is 4.57. The van der Waals surface area contributed by atoms with Crippen LogP contribution in [0.5, 0.6) is 11.5 Å². The summed E-state index contributed by atoms with van der Waals surface area (Å²) in [6.45, 7) is 0.799. The van der Waals surface area contributed by atoms with Gasteiger partial charge in [0.1, 0.15) is 5.82 Å². The van der Waals surface area contributed by atoms with Crippen LogP contribution in [0.2, 0.25) is 0 Å². The molecule has 0 fully saturated rings. The summed E-state index contributed by atoms with van der Waals surface area (Å²) in [6.07, 6.45) is 1.93. The van der Waals surface area contributed by atoms with Gasteiger partial charge in [-0.1, -0.05) is 30.3 Å². The molecule has 0 radical (unpaired) electrons. The second-order valence-corrected chi connectivity index (χ2v) is 9.22. The smallest absolute Gasteiger partial charge is 0.331 e. The second kappa shape index (κ2) is 12.9. The standard InChI is InChI=1S/C30H32FN3O5/c1-38-26-14-13-21(19-27(26)39-2)15-16-32-28(35)12-5-6-17-33-29(36)24-10-3-4-11-25(24)34(30(33)37)20-22-8-7-9-23(31)18-22/h3-4,7-11,13-14,18-19H,5-6,12,15-17,20H2,1-2H3,(H,32,35). The zero-order chi connectivity index (χ0) is 27.8. The lowest BCUT2D eigenvalue weighted by Crippen LogP contribution is -2.40.